The summed E-state index contributed by atoms with van der Waals surface area (Å²) in [6, 6.07) is 0. The number of hydrogen-bond acceptors (Lipinski definition) is 1. The van der Waals surface area contributed by atoms with Crippen molar-refractivity contribution in [3.05, 3.63) is 0 Å². The van der Waals surface area contributed by atoms with Crippen molar-refractivity contribution in [2.45, 2.75) is 44.9 Å². The van der Waals surface area contributed by atoms with E-state index in [-0.39, 0.29) is 0 Å². The highest BCUT2D eigenvalue weighted by molar-refractivity contribution is 7.99. The van der Waals surface area contributed by atoms with Gasteiger partial charge in [0, 0.05) is 0 Å². The molecule has 1 saturated heterocycles. The molecule has 1 spiro atoms. The van der Waals surface area contributed by atoms with Crippen LogP contribution in [0.3, 0.4) is 0 Å². The normalized spacial score (nSPS) is 30.5. The van der Waals surface area contributed by atoms with Crippen LogP contribution >= 0.6 is 11.8 Å². The van der Waals surface area contributed by atoms with Gasteiger partial charge in [0.25, 0.3) is 0 Å². The molecule has 64 valence electrons. The summed E-state index contributed by atoms with van der Waals surface area (Å²) in [5.41, 5.74) is 0.821. The minimum Gasteiger partial charge on any atom is -0.161 e. The van der Waals surface area contributed by atoms with E-state index in [4.69, 9.17) is 0 Å². The van der Waals surface area contributed by atoms with Gasteiger partial charge in [-0.3, -0.25) is 0 Å². The maximum absolute atomic E-state index is 2.19. The lowest BCUT2D eigenvalue weighted by Gasteiger charge is -2.25. The molecule has 0 unspecified atom stereocenters. The molecule has 2 fully saturated rings. The second-order valence-electron chi connectivity index (χ2n) is 4.22. The predicted molar refractivity (Wildman–Crippen MR) is 52.1 cm³/mol. The van der Waals surface area contributed by atoms with Crippen LogP contribution in [0, 0.1) is 5.41 Å². The molecular formula is C10H18S. The van der Waals surface area contributed by atoms with Gasteiger partial charge in [-0.25, -0.2) is 0 Å². The lowest BCUT2D eigenvalue weighted by atomic mass is 9.80. The molecule has 0 aromatic carbocycles. The average molecular weight is 170 g/mol. The van der Waals surface area contributed by atoms with Crippen molar-refractivity contribution >= 4 is 11.8 Å². The Morgan fingerprint density at radius 2 is 1.55 bits per heavy atom. The first kappa shape index (κ1) is 7.97. The zero-order valence-corrected chi connectivity index (χ0v) is 8.09. The van der Waals surface area contributed by atoms with Gasteiger partial charge in [-0.2, -0.15) is 11.8 Å². The van der Waals surface area contributed by atoms with Crippen LogP contribution in [0.4, 0.5) is 0 Å². The van der Waals surface area contributed by atoms with E-state index in [2.05, 4.69) is 11.8 Å². The SMILES string of the molecule is C1CCCC2(CC1)CCSC2. The Kier molecular flexibility index (Phi) is 2.45. The fourth-order valence-corrected chi connectivity index (χ4v) is 4.11. The molecule has 0 N–H and O–H groups in total. The van der Waals surface area contributed by atoms with E-state index in [9.17, 15) is 0 Å². The highest BCUT2D eigenvalue weighted by Crippen LogP contribution is 2.45. The Morgan fingerprint density at radius 1 is 0.818 bits per heavy atom. The van der Waals surface area contributed by atoms with Gasteiger partial charge in [-0.05, 0) is 36.2 Å². The number of thioether (sulfide) groups is 1. The lowest BCUT2D eigenvalue weighted by molar-refractivity contribution is 0.288. The molecular weight excluding hydrogens is 152 g/mol. The van der Waals surface area contributed by atoms with E-state index < -0.39 is 0 Å². The maximum atomic E-state index is 2.19. The van der Waals surface area contributed by atoms with Gasteiger partial charge in [0.1, 0.15) is 0 Å². The molecule has 0 nitrogen and oxygen atoms in total. The molecule has 1 aliphatic heterocycles. The van der Waals surface area contributed by atoms with E-state index in [1.165, 1.54) is 43.6 Å². The topological polar surface area (TPSA) is 0 Å². The van der Waals surface area contributed by atoms with Gasteiger partial charge >= 0.3 is 0 Å². The molecule has 0 amide bonds. The fraction of sp³-hybridized carbons (Fsp3) is 1.00. The summed E-state index contributed by atoms with van der Waals surface area (Å²) < 4.78 is 0. The zero-order chi connectivity index (χ0) is 7.57. The summed E-state index contributed by atoms with van der Waals surface area (Å²) in [7, 11) is 0. The second-order valence-corrected chi connectivity index (χ2v) is 5.32. The summed E-state index contributed by atoms with van der Waals surface area (Å²) in [6.45, 7) is 0. The quantitative estimate of drug-likeness (QED) is 0.536. The number of hydrogen-bond donors (Lipinski definition) is 0. The van der Waals surface area contributed by atoms with Gasteiger partial charge in [0.05, 0.1) is 0 Å². The van der Waals surface area contributed by atoms with Gasteiger partial charge in [-0.1, -0.05) is 25.7 Å². The molecule has 1 saturated carbocycles. The molecule has 2 rings (SSSR count). The Bertz CT molecular complexity index is 115. The molecule has 0 aromatic rings. The largest absolute Gasteiger partial charge is 0.161 e. The Hall–Kier alpha value is 0.350. The smallest absolute Gasteiger partial charge is 0.00105 e. The van der Waals surface area contributed by atoms with Crippen molar-refractivity contribution in [3.63, 3.8) is 0 Å². The van der Waals surface area contributed by atoms with E-state index in [0.29, 0.717) is 0 Å². The summed E-state index contributed by atoms with van der Waals surface area (Å²) in [5.74, 6) is 2.92. The summed E-state index contributed by atoms with van der Waals surface area (Å²) in [6.07, 6.45) is 10.7. The Morgan fingerprint density at radius 3 is 2.09 bits per heavy atom. The average Bonchev–Trinajstić information content (AvgIpc) is 2.32. The summed E-state index contributed by atoms with van der Waals surface area (Å²) in [5, 5.41) is 0. The summed E-state index contributed by atoms with van der Waals surface area (Å²) >= 11 is 2.19. The monoisotopic (exact) mass is 170 g/mol. The van der Waals surface area contributed by atoms with Crippen LogP contribution in [0.15, 0.2) is 0 Å². The molecule has 1 heterocycles. The molecule has 1 heteroatoms. The first-order chi connectivity index (χ1) is 5.41. The molecule has 0 bridgehead atoms. The van der Waals surface area contributed by atoms with Crippen LogP contribution in [0.1, 0.15) is 44.9 Å². The van der Waals surface area contributed by atoms with Gasteiger partial charge in [0.2, 0.25) is 0 Å². The lowest BCUT2D eigenvalue weighted by Crippen LogP contribution is -2.18. The molecule has 0 atom stereocenters. The first-order valence-electron chi connectivity index (χ1n) is 4.99. The maximum Gasteiger partial charge on any atom is -0.00105 e. The van der Waals surface area contributed by atoms with Crippen molar-refractivity contribution in [2.75, 3.05) is 11.5 Å². The van der Waals surface area contributed by atoms with Crippen molar-refractivity contribution in [1.82, 2.24) is 0 Å². The highest BCUT2D eigenvalue weighted by atomic mass is 32.2. The van der Waals surface area contributed by atoms with Crippen molar-refractivity contribution in [3.8, 4) is 0 Å². The van der Waals surface area contributed by atoms with Gasteiger partial charge in [-0.15, -0.1) is 0 Å². The molecule has 2 aliphatic rings. The highest BCUT2D eigenvalue weighted by Gasteiger charge is 2.33. The number of rotatable bonds is 0. The fourth-order valence-electron chi connectivity index (χ4n) is 2.52. The Balaban J connectivity index is 1.97. The summed E-state index contributed by atoms with van der Waals surface area (Å²) in [4.78, 5) is 0. The van der Waals surface area contributed by atoms with E-state index >= 15 is 0 Å². The van der Waals surface area contributed by atoms with Crippen LogP contribution in [0.5, 0.6) is 0 Å². The standard InChI is InChI=1S/C10H18S/c1-2-4-6-10(5-3-1)7-8-11-9-10/h1-9H2. The minimum atomic E-state index is 0.821. The van der Waals surface area contributed by atoms with E-state index in [0.717, 1.165) is 5.41 Å². The van der Waals surface area contributed by atoms with Crippen LogP contribution < -0.4 is 0 Å². The van der Waals surface area contributed by atoms with Crippen molar-refractivity contribution < 1.29 is 0 Å². The van der Waals surface area contributed by atoms with Crippen molar-refractivity contribution in [1.29, 1.82) is 0 Å². The zero-order valence-electron chi connectivity index (χ0n) is 7.27. The van der Waals surface area contributed by atoms with E-state index in [1.54, 1.807) is 12.8 Å². The van der Waals surface area contributed by atoms with Crippen LogP contribution in [-0.4, -0.2) is 11.5 Å². The van der Waals surface area contributed by atoms with Gasteiger partial charge < -0.3 is 0 Å². The van der Waals surface area contributed by atoms with Crippen LogP contribution in [0.2, 0.25) is 0 Å². The third kappa shape index (κ3) is 1.74. The van der Waals surface area contributed by atoms with Crippen molar-refractivity contribution in [2.24, 2.45) is 5.41 Å². The molecule has 1 aliphatic carbocycles. The minimum absolute atomic E-state index is 0.821. The van der Waals surface area contributed by atoms with E-state index in [1.807, 2.05) is 0 Å². The Labute approximate surface area is 74.1 Å². The van der Waals surface area contributed by atoms with Gasteiger partial charge in [0.15, 0.2) is 0 Å². The first-order valence-corrected chi connectivity index (χ1v) is 6.15. The molecule has 11 heavy (non-hydrogen) atoms. The molecule has 0 aromatic heterocycles. The third-order valence-corrected chi connectivity index (χ3v) is 4.66. The van der Waals surface area contributed by atoms with Crippen LogP contribution in [0.25, 0.3) is 0 Å². The third-order valence-electron chi connectivity index (χ3n) is 3.35. The molecule has 0 radical (unpaired) electrons. The second kappa shape index (κ2) is 3.38. The van der Waals surface area contributed by atoms with Crippen LogP contribution in [-0.2, 0) is 0 Å². The predicted octanol–water partition coefficient (Wildman–Crippen LogP) is 3.46.